The maximum Gasteiger partial charge on any atom is 0.325 e. The lowest BCUT2D eigenvalue weighted by Gasteiger charge is -2.19. The highest BCUT2D eigenvalue weighted by atomic mass is 16.2. The van der Waals surface area contributed by atoms with Gasteiger partial charge in [-0.25, -0.2) is 4.79 Å². The van der Waals surface area contributed by atoms with Crippen LogP contribution in [0.15, 0.2) is 24.3 Å². The summed E-state index contributed by atoms with van der Waals surface area (Å²) in [5.41, 5.74) is 6.73. The van der Waals surface area contributed by atoms with E-state index in [0.717, 1.165) is 5.56 Å². The molecule has 0 radical (unpaired) electrons. The van der Waals surface area contributed by atoms with Crippen LogP contribution in [0.5, 0.6) is 0 Å². The van der Waals surface area contributed by atoms with Gasteiger partial charge in [0.2, 0.25) is 0 Å². The van der Waals surface area contributed by atoms with Crippen LogP contribution in [0.2, 0.25) is 0 Å². The van der Waals surface area contributed by atoms with Gasteiger partial charge in [0.05, 0.1) is 0 Å². The summed E-state index contributed by atoms with van der Waals surface area (Å²) in [6, 6.07) is 7.17. The topological polar surface area (TPSA) is 75.4 Å². The SMILES string of the molecule is CCC1(C)NC(=O)N(CCc2ccccc2N)C1=O. The van der Waals surface area contributed by atoms with Crippen LogP contribution in [-0.4, -0.2) is 28.9 Å². The van der Waals surface area contributed by atoms with Gasteiger partial charge < -0.3 is 11.1 Å². The van der Waals surface area contributed by atoms with Crippen molar-refractivity contribution in [2.45, 2.75) is 32.2 Å². The fourth-order valence-corrected chi connectivity index (χ4v) is 2.18. The van der Waals surface area contributed by atoms with Crippen molar-refractivity contribution in [1.82, 2.24) is 10.2 Å². The third kappa shape index (κ3) is 2.41. The first-order valence-corrected chi connectivity index (χ1v) is 6.45. The highest BCUT2D eigenvalue weighted by Crippen LogP contribution is 2.21. The summed E-state index contributed by atoms with van der Waals surface area (Å²) in [5, 5.41) is 2.74. The van der Waals surface area contributed by atoms with Crippen molar-refractivity contribution < 1.29 is 9.59 Å². The molecule has 1 heterocycles. The molecule has 1 aliphatic rings. The maximum atomic E-state index is 12.2. The number of para-hydroxylation sites is 1. The van der Waals surface area contributed by atoms with E-state index < -0.39 is 5.54 Å². The Morgan fingerprint density at radius 3 is 2.58 bits per heavy atom. The van der Waals surface area contributed by atoms with Crippen molar-refractivity contribution in [2.75, 3.05) is 12.3 Å². The Morgan fingerprint density at radius 1 is 1.32 bits per heavy atom. The molecule has 2 rings (SSSR count). The van der Waals surface area contributed by atoms with Gasteiger partial charge in [-0.15, -0.1) is 0 Å². The molecule has 0 bridgehead atoms. The van der Waals surface area contributed by atoms with Crippen molar-refractivity contribution in [1.29, 1.82) is 0 Å². The molecule has 19 heavy (non-hydrogen) atoms. The standard InChI is InChI=1S/C14H19N3O2/c1-3-14(2)12(18)17(13(19)16-14)9-8-10-6-4-5-7-11(10)15/h4-7H,3,8-9,15H2,1-2H3,(H,16,19). The first kappa shape index (κ1) is 13.4. The number of nitrogen functional groups attached to an aromatic ring is 1. The zero-order valence-electron chi connectivity index (χ0n) is 11.3. The Balaban J connectivity index is 2.07. The highest BCUT2D eigenvalue weighted by molar-refractivity contribution is 6.06. The lowest BCUT2D eigenvalue weighted by Crippen LogP contribution is -2.43. The fraction of sp³-hybridized carbons (Fsp3) is 0.429. The number of hydrogen-bond acceptors (Lipinski definition) is 3. The minimum Gasteiger partial charge on any atom is -0.399 e. The number of amides is 3. The Morgan fingerprint density at radius 2 is 2.00 bits per heavy atom. The number of benzene rings is 1. The number of imide groups is 1. The van der Waals surface area contributed by atoms with Crippen molar-refractivity contribution >= 4 is 17.6 Å². The predicted molar refractivity (Wildman–Crippen MR) is 73.5 cm³/mol. The summed E-state index contributed by atoms with van der Waals surface area (Å²) in [5.74, 6) is -0.158. The molecular formula is C14H19N3O2. The Bertz CT molecular complexity index is 515. The van der Waals surface area contributed by atoms with Crippen LogP contribution in [-0.2, 0) is 11.2 Å². The molecule has 0 aromatic heterocycles. The number of carbonyl (C=O) groups is 2. The Hall–Kier alpha value is -2.04. The second-order valence-electron chi connectivity index (χ2n) is 5.02. The highest BCUT2D eigenvalue weighted by Gasteiger charge is 2.45. The van der Waals surface area contributed by atoms with Crippen LogP contribution in [0.4, 0.5) is 10.5 Å². The molecule has 5 heteroatoms. The van der Waals surface area contributed by atoms with Crippen LogP contribution in [0.1, 0.15) is 25.8 Å². The van der Waals surface area contributed by atoms with E-state index in [1.165, 1.54) is 4.90 Å². The normalized spacial score (nSPS) is 22.7. The average Bonchev–Trinajstić information content (AvgIpc) is 2.61. The summed E-state index contributed by atoms with van der Waals surface area (Å²) in [4.78, 5) is 25.3. The Kier molecular flexibility index (Phi) is 3.46. The largest absolute Gasteiger partial charge is 0.399 e. The van der Waals surface area contributed by atoms with Gasteiger partial charge in [0.15, 0.2) is 0 Å². The van der Waals surface area contributed by atoms with Gasteiger partial charge >= 0.3 is 6.03 Å². The molecule has 102 valence electrons. The lowest BCUT2D eigenvalue weighted by molar-refractivity contribution is -0.130. The van der Waals surface area contributed by atoms with Crippen molar-refractivity contribution in [3.63, 3.8) is 0 Å². The van der Waals surface area contributed by atoms with E-state index in [4.69, 9.17) is 5.73 Å². The Labute approximate surface area is 112 Å². The van der Waals surface area contributed by atoms with Gasteiger partial charge in [-0.3, -0.25) is 9.69 Å². The van der Waals surface area contributed by atoms with Crippen LogP contribution in [0, 0.1) is 0 Å². The van der Waals surface area contributed by atoms with Crippen LogP contribution in [0.3, 0.4) is 0 Å². The molecule has 5 nitrogen and oxygen atoms in total. The molecule has 1 aromatic rings. The van der Waals surface area contributed by atoms with Gasteiger partial charge in [0.25, 0.3) is 5.91 Å². The zero-order chi connectivity index (χ0) is 14.0. The molecule has 1 unspecified atom stereocenters. The summed E-state index contributed by atoms with van der Waals surface area (Å²) >= 11 is 0. The van der Waals surface area contributed by atoms with Gasteiger partial charge in [-0.1, -0.05) is 25.1 Å². The van der Waals surface area contributed by atoms with Gasteiger partial charge in [-0.05, 0) is 31.4 Å². The third-order valence-electron chi connectivity index (χ3n) is 3.71. The maximum absolute atomic E-state index is 12.2. The number of rotatable bonds is 4. The zero-order valence-corrected chi connectivity index (χ0v) is 11.3. The van der Waals surface area contributed by atoms with E-state index in [0.29, 0.717) is 25.1 Å². The molecule has 3 N–H and O–H groups in total. The van der Waals surface area contributed by atoms with Crippen LogP contribution in [0.25, 0.3) is 0 Å². The first-order valence-electron chi connectivity index (χ1n) is 6.45. The number of nitrogens with one attached hydrogen (secondary N) is 1. The molecule has 1 fully saturated rings. The van der Waals surface area contributed by atoms with E-state index in [1.54, 1.807) is 6.92 Å². The van der Waals surface area contributed by atoms with Crippen molar-refractivity contribution in [3.8, 4) is 0 Å². The lowest BCUT2D eigenvalue weighted by atomic mass is 9.99. The molecule has 1 aliphatic heterocycles. The number of urea groups is 1. The smallest absolute Gasteiger partial charge is 0.325 e. The number of nitrogens with zero attached hydrogens (tertiary/aromatic N) is 1. The molecule has 0 saturated carbocycles. The molecule has 3 amide bonds. The van der Waals surface area contributed by atoms with Gasteiger partial charge in [0, 0.05) is 12.2 Å². The third-order valence-corrected chi connectivity index (χ3v) is 3.71. The molecule has 0 spiro atoms. The van der Waals surface area contributed by atoms with Crippen molar-refractivity contribution in [3.05, 3.63) is 29.8 Å². The summed E-state index contributed by atoms with van der Waals surface area (Å²) in [6.45, 7) is 4.00. The number of hydrogen-bond donors (Lipinski definition) is 2. The van der Waals surface area contributed by atoms with Gasteiger partial charge in [0.1, 0.15) is 5.54 Å². The summed E-state index contributed by atoms with van der Waals surface area (Å²) in [7, 11) is 0. The fourth-order valence-electron chi connectivity index (χ4n) is 2.18. The van der Waals surface area contributed by atoms with Gasteiger partial charge in [-0.2, -0.15) is 0 Å². The summed E-state index contributed by atoms with van der Waals surface area (Å²) in [6.07, 6.45) is 1.16. The van der Waals surface area contributed by atoms with E-state index >= 15 is 0 Å². The molecule has 1 atom stereocenters. The number of carbonyl (C=O) groups excluding carboxylic acids is 2. The molecule has 1 aromatic carbocycles. The van der Waals surface area contributed by atoms with E-state index in [2.05, 4.69) is 5.32 Å². The number of nitrogens with two attached hydrogens (primary N) is 1. The van der Waals surface area contributed by atoms with Crippen LogP contribution < -0.4 is 11.1 Å². The molecule has 0 aliphatic carbocycles. The monoisotopic (exact) mass is 261 g/mol. The average molecular weight is 261 g/mol. The second-order valence-corrected chi connectivity index (χ2v) is 5.02. The predicted octanol–water partition coefficient (Wildman–Crippen LogP) is 1.53. The van der Waals surface area contributed by atoms with E-state index in [-0.39, 0.29) is 11.9 Å². The molecule has 1 saturated heterocycles. The van der Waals surface area contributed by atoms with Crippen LogP contribution >= 0.6 is 0 Å². The number of anilines is 1. The van der Waals surface area contributed by atoms with E-state index in [1.807, 2.05) is 31.2 Å². The minimum atomic E-state index is -0.765. The van der Waals surface area contributed by atoms with Crippen molar-refractivity contribution in [2.24, 2.45) is 0 Å². The first-order chi connectivity index (χ1) is 8.98. The minimum absolute atomic E-state index is 0.158. The summed E-state index contributed by atoms with van der Waals surface area (Å²) < 4.78 is 0. The second kappa shape index (κ2) is 4.91. The molecular weight excluding hydrogens is 242 g/mol. The quantitative estimate of drug-likeness (QED) is 0.637. The van der Waals surface area contributed by atoms with E-state index in [9.17, 15) is 9.59 Å².